The monoisotopic (exact) mass is 613 g/mol. The van der Waals surface area contributed by atoms with Crippen LogP contribution in [0.25, 0.3) is 0 Å². The molecule has 0 aliphatic heterocycles. The highest BCUT2D eigenvalue weighted by molar-refractivity contribution is 9.10. The number of halogens is 1. The van der Waals surface area contributed by atoms with Gasteiger partial charge in [-0.2, -0.15) is 0 Å². The van der Waals surface area contributed by atoms with Crippen molar-refractivity contribution in [3.05, 3.63) is 94.5 Å². The van der Waals surface area contributed by atoms with Crippen LogP contribution >= 0.6 is 15.9 Å². The molecule has 0 spiro atoms. The first-order valence-corrected chi connectivity index (χ1v) is 15.4. The summed E-state index contributed by atoms with van der Waals surface area (Å²) in [5.74, 6) is -0.706. The van der Waals surface area contributed by atoms with Gasteiger partial charge in [0, 0.05) is 17.6 Å². The summed E-state index contributed by atoms with van der Waals surface area (Å²) in [6.07, 6.45) is 2.16. The van der Waals surface area contributed by atoms with Crippen molar-refractivity contribution in [1.82, 2.24) is 10.2 Å². The average molecular weight is 615 g/mol. The van der Waals surface area contributed by atoms with Gasteiger partial charge >= 0.3 is 0 Å². The van der Waals surface area contributed by atoms with Gasteiger partial charge < -0.3 is 10.2 Å². The molecule has 0 saturated heterocycles. The van der Waals surface area contributed by atoms with E-state index in [0.717, 1.165) is 32.7 Å². The molecule has 208 valence electrons. The predicted octanol–water partition coefficient (Wildman–Crippen LogP) is 5.68. The Balaban J connectivity index is 2.01. The highest BCUT2D eigenvalue weighted by Gasteiger charge is 2.33. The summed E-state index contributed by atoms with van der Waals surface area (Å²) in [6.45, 7) is 6.12. The molecule has 0 aromatic heterocycles. The maximum absolute atomic E-state index is 14.0. The molecule has 0 aliphatic carbocycles. The minimum Gasteiger partial charge on any atom is -0.354 e. The van der Waals surface area contributed by atoms with Crippen molar-refractivity contribution in [2.24, 2.45) is 0 Å². The third-order valence-electron chi connectivity index (χ3n) is 6.41. The molecule has 7 nitrogen and oxygen atoms in total. The summed E-state index contributed by atoms with van der Waals surface area (Å²) in [5.41, 5.74) is 2.29. The van der Waals surface area contributed by atoms with E-state index >= 15 is 0 Å². The SMILES string of the molecule is CCCCNC(=O)[C@@H](CC)N(Cc1ccc(C)cc1)C(=O)CN(c1ccc(Br)cc1)S(=O)(=O)c1ccccc1. The van der Waals surface area contributed by atoms with Gasteiger partial charge in [0.15, 0.2) is 0 Å². The normalized spacial score (nSPS) is 12.0. The number of rotatable bonds is 13. The quantitative estimate of drug-likeness (QED) is 0.251. The summed E-state index contributed by atoms with van der Waals surface area (Å²) >= 11 is 3.39. The molecule has 3 rings (SSSR count). The Labute approximate surface area is 240 Å². The summed E-state index contributed by atoms with van der Waals surface area (Å²) in [5, 5.41) is 2.94. The van der Waals surface area contributed by atoms with E-state index in [-0.39, 0.29) is 17.3 Å². The first-order chi connectivity index (χ1) is 18.7. The third kappa shape index (κ3) is 8.16. The molecule has 0 heterocycles. The maximum Gasteiger partial charge on any atom is 0.264 e. The standard InChI is InChI=1S/C30H36BrN3O4S/c1-4-6-20-32-30(36)28(5-2)33(21-24-14-12-23(3)13-15-24)29(35)22-34(26-18-16-25(31)17-19-26)39(37,38)27-10-8-7-9-11-27/h7-19,28H,4-6,20-22H2,1-3H3,(H,32,36)/t28-/m1/s1. The Hall–Kier alpha value is -3.17. The number of anilines is 1. The number of aryl methyl sites for hydroxylation is 1. The van der Waals surface area contributed by atoms with E-state index < -0.39 is 28.5 Å². The number of amides is 2. The molecule has 3 aromatic rings. The fourth-order valence-electron chi connectivity index (χ4n) is 4.17. The van der Waals surface area contributed by atoms with E-state index in [1.807, 2.05) is 45.0 Å². The Morgan fingerprint density at radius 3 is 2.15 bits per heavy atom. The molecule has 0 fully saturated rings. The highest BCUT2D eigenvalue weighted by atomic mass is 79.9. The number of hydrogen-bond acceptors (Lipinski definition) is 4. The van der Waals surface area contributed by atoms with Crippen LogP contribution in [0.2, 0.25) is 0 Å². The van der Waals surface area contributed by atoms with Crippen LogP contribution in [0.5, 0.6) is 0 Å². The van der Waals surface area contributed by atoms with E-state index in [2.05, 4.69) is 21.2 Å². The number of carbonyl (C=O) groups excluding carboxylic acids is 2. The van der Waals surface area contributed by atoms with Crippen molar-refractivity contribution < 1.29 is 18.0 Å². The van der Waals surface area contributed by atoms with Gasteiger partial charge in [0.1, 0.15) is 12.6 Å². The number of nitrogens with zero attached hydrogens (tertiary/aromatic N) is 2. The van der Waals surface area contributed by atoms with Crippen molar-refractivity contribution in [1.29, 1.82) is 0 Å². The van der Waals surface area contributed by atoms with E-state index in [9.17, 15) is 18.0 Å². The topological polar surface area (TPSA) is 86.8 Å². The third-order valence-corrected chi connectivity index (χ3v) is 8.73. The molecule has 39 heavy (non-hydrogen) atoms. The molecule has 0 unspecified atom stereocenters. The van der Waals surface area contributed by atoms with Gasteiger partial charge in [-0.3, -0.25) is 13.9 Å². The number of benzene rings is 3. The van der Waals surface area contributed by atoms with Gasteiger partial charge in [0.25, 0.3) is 10.0 Å². The van der Waals surface area contributed by atoms with E-state index in [1.54, 1.807) is 42.5 Å². The minimum atomic E-state index is -4.07. The van der Waals surface area contributed by atoms with E-state index in [0.29, 0.717) is 18.7 Å². The summed E-state index contributed by atoms with van der Waals surface area (Å²) in [6, 6.07) is 21.8. The lowest BCUT2D eigenvalue weighted by molar-refractivity contribution is -0.140. The Morgan fingerprint density at radius 1 is 0.923 bits per heavy atom. The van der Waals surface area contributed by atoms with Gasteiger partial charge in [-0.15, -0.1) is 0 Å². The zero-order valence-electron chi connectivity index (χ0n) is 22.6. The average Bonchev–Trinajstić information content (AvgIpc) is 2.93. The summed E-state index contributed by atoms with van der Waals surface area (Å²) < 4.78 is 29.5. The van der Waals surface area contributed by atoms with Crippen LogP contribution in [0, 0.1) is 6.92 Å². The fraction of sp³-hybridized carbons (Fsp3) is 0.333. The lowest BCUT2D eigenvalue weighted by Gasteiger charge is -2.33. The van der Waals surface area contributed by atoms with Crippen molar-refractivity contribution in [3.63, 3.8) is 0 Å². The van der Waals surface area contributed by atoms with Crippen LogP contribution in [0.4, 0.5) is 5.69 Å². The summed E-state index contributed by atoms with van der Waals surface area (Å²) in [7, 11) is -4.07. The number of carbonyl (C=O) groups is 2. The van der Waals surface area contributed by atoms with Crippen LogP contribution < -0.4 is 9.62 Å². The zero-order valence-corrected chi connectivity index (χ0v) is 25.0. The first kappa shape index (κ1) is 30.4. The molecule has 9 heteroatoms. The molecular weight excluding hydrogens is 578 g/mol. The van der Waals surface area contributed by atoms with Gasteiger partial charge in [-0.25, -0.2) is 8.42 Å². The maximum atomic E-state index is 14.0. The van der Waals surface area contributed by atoms with Crippen molar-refractivity contribution in [2.75, 3.05) is 17.4 Å². The van der Waals surface area contributed by atoms with Crippen LogP contribution in [-0.4, -0.2) is 44.3 Å². The van der Waals surface area contributed by atoms with E-state index in [4.69, 9.17) is 0 Å². The second-order valence-corrected chi connectivity index (χ2v) is 12.2. The molecule has 2 amide bonds. The predicted molar refractivity (Wildman–Crippen MR) is 159 cm³/mol. The number of sulfonamides is 1. The van der Waals surface area contributed by atoms with Crippen molar-refractivity contribution >= 4 is 43.5 Å². The lowest BCUT2D eigenvalue weighted by Crippen LogP contribution is -2.52. The minimum absolute atomic E-state index is 0.0788. The first-order valence-electron chi connectivity index (χ1n) is 13.1. The number of nitrogens with one attached hydrogen (secondary N) is 1. The molecule has 1 N–H and O–H groups in total. The van der Waals surface area contributed by atoms with Crippen LogP contribution in [-0.2, 0) is 26.2 Å². The Bertz CT molecular complexity index is 1330. The molecule has 0 bridgehead atoms. The molecule has 0 aliphatic rings. The fourth-order valence-corrected chi connectivity index (χ4v) is 5.87. The number of hydrogen-bond donors (Lipinski definition) is 1. The van der Waals surface area contributed by atoms with Crippen LogP contribution in [0.1, 0.15) is 44.2 Å². The van der Waals surface area contributed by atoms with Crippen LogP contribution in [0.3, 0.4) is 0 Å². The van der Waals surface area contributed by atoms with Gasteiger partial charge in [-0.05, 0) is 61.7 Å². The lowest BCUT2D eigenvalue weighted by atomic mass is 10.1. The van der Waals surface area contributed by atoms with Gasteiger partial charge in [0.05, 0.1) is 10.6 Å². The molecule has 0 radical (unpaired) electrons. The molecule has 0 saturated carbocycles. The summed E-state index contributed by atoms with van der Waals surface area (Å²) in [4.78, 5) is 28.8. The Morgan fingerprint density at radius 2 is 1.56 bits per heavy atom. The van der Waals surface area contributed by atoms with Crippen molar-refractivity contribution in [2.45, 2.75) is 57.5 Å². The Kier molecular flexibility index (Phi) is 11.1. The second kappa shape index (κ2) is 14.3. The van der Waals surface area contributed by atoms with Gasteiger partial charge in [-0.1, -0.05) is 84.2 Å². The van der Waals surface area contributed by atoms with Crippen molar-refractivity contribution in [3.8, 4) is 0 Å². The smallest absolute Gasteiger partial charge is 0.264 e. The van der Waals surface area contributed by atoms with E-state index in [1.165, 1.54) is 17.0 Å². The van der Waals surface area contributed by atoms with Gasteiger partial charge in [0.2, 0.25) is 11.8 Å². The number of unbranched alkanes of at least 4 members (excludes halogenated alkanes) is 1. The molecule has 3 aromatic carbocycles. The second-order valence-electron chi connectivity index (χ2n) is 9.38. The zero-order chi connectivity index (χ0) is 28.4. The molecule has 1 atom stereocenters. The van der Waals surface area contributed by atoms with Crippen LogP contribution in [0.15, 0.2) is 88.2 Å². The largest absolute Gasteiger partial charge is 0.354 e. The highest BCUT2D eigenvalue weighted by Crippen LogP contribution is 2.26. The molecular formula is C30H36BrN3O4S.